The molecule has 1 aromatic carbocycles. The molecule has 0 unspecified atom stereocenters. The minimum absolute atomic E-state index is 0.135. The number of benzene rings is 1. The summed E-state index contributed by atoms with van der Waals surface area (Å²) in [6.07, 6.45) is -0.135. The smallest absolute Gasteiger partial charge is 0.0504 e. The predicted octanol–water partition coefficient (Wildman–Crippen LogP) is -0.892. The highest BCUT2D eigenvalue weighted by Crippen LogP contribution is 2.14. The molecular weight excluding hydrogens is 264 g/mol. The van der Waals surface area contributed by atoms with E-state index < -0.39 is 17.9 Å². The van der Waals surface area contributed by atoms with Crippen molar-refractivity contribution in [3.63, 3.8) is 0 Å². The van der Waals surface area contributed by atoms with Crippen LogP contribution in [0.4, 0.5) is 0 Å². The van der Waals surface area contributed by atoms with E-state index in [4.69, 9.17) is 0 Å². The Balaban J connectivity index is 2.83. The maximum atomic E-state index is 10.5. The summed E-state index contributed by atoms with van der Waals surface area (Å²) < 4.78 is 0.760. The third-order valence-electron chi connectivity index (χ3n) is 1.90. The Morgan fingerprint density at radius 1 is 1.27 bits per heavy atom. The van der Waals surface area contributed by atoms with E-state index in [1.54, 1.807) is 24.3 Å². The Morgan fingerprint density at radius 2 is 1.87 bits per heavy atom. The number of carbonyl (C=O) groups is 2. The van der Waals surface area contributed by atoms with Crippen molar-refractivity contribution in [2.24, 2.45) is 5.92 Å². The van der Waals surface area contributed by atoms with E-state index in [0.29, 0.717) is 5.56 Å². The number of carboxylic acids is 2. The fourth-order valence-corrected chi connectivity index (χ4v) is 1.61. The first-order valence-electron chi connectivity index (χ1n) is 4.17. The molecule has 0 aliphatic heterocycles. The van der Waals surface area contributed by atoms with Gasteiger partial charge in [0, 0.05) is 10.4 Å². The molecule has 0 saturated heterocycles. The average Bonchev–Trinajstić information content (AvgIpc) is 2.13. The third-order valence-corrected chi connectivity index (χ3v) is 2.39. The van der Waals surface area contributed by atoms with E-state index in [9.17, 15) is 19.8 Å². The van der Waals surface area contributed by atoms with Gasteiger partial charge in [-0.2, -0.15) is 0 Å². The van der Waals surface area contributed by atoms with Crippen LogP contribution in [0.15, 0.2) is 28.7 Å². The quantitative estimate of drug-likeness (QED) is 0.665. The third kappa shape index (κ3) is 3.36. The first-order valence-corrected chi connectivity index (χ1v) is 4.96. The van der Waals surface area contributed by atoms with Crippen molar-refractivity contribution >= 4 is 27.9 Å². The van der Waals surface area contributed by atoms with Crippen LogP contribution in [0, 0.1) is 5.92 Å². The van der Waals surface area contributed by atoms with Gasteiger partial charge in [-0.1, -0.05) is 28.1 Å². The average molecular weight is 271 g/mol. The second-order valence-corrected chi connectivity index (χ2v) is 3.94. The molecule has 4 nitrogen and oxygen atoms in total. The molecule has 0 saturated carbocycles. The zero-order valence-corrected chi connectivity index (χ0v) is 9.19. The zero-order valence-electron chi connectivity index (χ0n) is 7.60. The summed E-state index contributed by atoms with van der Waals surface area (Å²) in [7, 11) is 0. The number of rotatable bonds is 4. The second kappa shape index (κ2) is 4.93. The summed E-state index contributed by atoms with van der Waals surface area (Å²) >= 11 is 3.20. The highest BCUT2D eigenvalue weighted by molar-refractivity contribution is 9.10. The number of halogens is 1. The van der Waals surface area contributed by atoms with E-state index >= 15 is 0 Å². The maximum Gasteiger partial charge on any atom is 0.0504 e. The Kier molecular flexibility index (Phi) is 3.85. The molecule has 0 amide bonds. The van der Waals surface area contributed by atoms with E-state index in [1.807, 2.05) is 0 Å². The first kappa shape index (κ1) is 11.7. The summed E-state index contributed by atoms with van der Waals surface area (Å²) in [4.78, 5) is 21.0. The van der Waals surface area contributed by atoms with E-state index in [1.165, 1.54) is 0 Å². The van der Waals surface area contributed by atoms with Crippen molar-refractivity contribution in [2.45, 2.75) is 6.42 Å². The molecule has 0 N–H and O–H groups in total. The summed E-state index contributed by atoms with van der Waals surface area (Å²) in [5.74, 6) is -4.87. The number of aliphatic carboxylic acids is 2. The minimum Gasteiger partial charge on any atom is -0.549 e. The van der Waals surface area contributed by atoms with Crippen LogP contribution >= 0.6 is 15.9 Å². The van der Waals surface area contributed by atoms with E-state index in [2.05, 4.69) is 15.9 Å². The Labute approximate surface area is 94.7 Å². The van der Waals surface area contributed by atoms with Gasteiger partial charge in [0.1, 0.15) is 0 Å². The van der Waals surface area contributed by atoms with Crippen LogP contribution in [0.25, 0.3) is 0 Å². The summed E-state index contributed by atoms with van der Waals surface area (Å²) in [5, 5.41) is 21.0. The van der Waals surface area contributed by atoms with Gasteiger partial charge in [0.05, 0.1) is 11.9 Å². The number of carboxylic acid groups (broad SMARTS) is 2. The molecule has 15 heavy (non-hydrogen) atoms. The molecule has 0 radical (unpaired) electrons. The van der Waals surface area contributed by atoms with Gasteiger partial charge in [-0.25, -0.2) is 0 Å². The number of carbonyl (C=O) groups excluding carboxylic acids is 2. The van der Waals surface area contributed by atoms with Gasteiger partial charge >= 0.3 is 0 Å². The predicted molar refractivity (Wildman–Crippen MR) is 51.4 cm³/mol. The Bertz CT molecular complexity index is 375. The highest BCUT2D eigenvalue weighted by Gasteiger charge is 2.12. The van der Waals surface area contributed by atoms with E-state index in [0.717, 1.165) is 4.47 Å². The van der Waals surface area contributed by atoms with Crippen molar-refractivity contribution in [3.8, 4) is 0 Å². The molecule has 0 aromatic heterocycles. The van der Waals surface area contributed by atoms with Crippen LogP contribution in [-0.2, 0) is 16.0 Å². The number of hydrogen-bond acceptors (Lipinski definition) is 4. The van der Waals surface area contributed by atoms with Crippen LogP contribution in [0.1, 0.15) is 5.56 Å². The summed E-state index contributed by atoms with van der Waals surface area (Å²) in [6, 6.07) is 6.75. The molecule has 5 heteroatoms. The fraction of sp³-hybridized carbons (Fsp3) is 0.200. The van der Waals surface area contributed by atoms with Crippen molar-refractivity contribution in [2.75, 3.05) is 0 Å². The van der Waals surface area contributed by atoms with Gasteiger partial charge in [-0.3, -0.25) is 0 Å². The standard InChI is InChI=1S/C10H9BrO4/c11-7-3-1-2-6(4-7)5-8(9(12)13)10(14)15/h1-4,8H,5H2,(H,12,13)(H,14,15)/p-2. The largest absolute Gasteiger partial charge is 0.549 e. The fourth-order valence-electron chi connectivity index (χ4n) is 1.16. The molecule has 80 valence electrons. The van der Waals surface area contributed by atoms with Crippen LogP contribution in [0.5, 0.6) is 0 Å². The molecule has 0 heterocycles. The lowest BCUT2D eigenvalue weighted by Crippen LogP contribution is -2.44. The maximum absolute atomic E-state index is 10.5. The molecule has 0 aliphatic rings. The van der Waals surface area contributed by atoms with Crippen molar-refractivity contribution in [3.05, 3.63) is 34.3 Å². The summed E-state index contributed by atoms with van der Waals surface area (Å²) in [6.45, 7) is 0. The van der Waals surface area contributed by atoms with Crippen molar-refractivity contribution < 1.29 is 19.8 Å². The van der Waals surface area contributed by atoms with Gasteiger partial charge in [0.2, 0.25) is 0 Å². The van der Waals surface area contributed by atoms with Gasteiger partial charge in [-0.05, 0) is 24.1 Å². The van der Waals surface area contributed by atoms with Gasteiger partial charge in [0.25, 0.3) is 0 Å². The molecule has 0 atom stereocenters. The molecule has 0 aliphatic carbocycles. The lowest BCUT2D eigenvalue weighted by molar-refractivity contribution is -0.331. The summed E-state index contributed by atoms with van der Waals surface area (Å²) in [5.41, 5.74) is 0.600. The van der Waals surface area contributed by atoms with Crippen LogP contribution in [0.2, 0.25) is 0 Å². The van der Waals surface area contributed by atoms with Crippen LogP contribution in [-0.4, -0.2) is 11.9 Å². The molecular formula is C10H7BrO4-2. The first-order chi connectivity index (χ1) is 7.00. The van der Waals surface area contributed by atoms with Crippen molar-refractivity contribution in [1.82, 2.24) is 0 Å². The Hall–Kier alpha value is -1.36. The van der Waals surface area contributed by atoms with Gasteiger partial charge in [-0.15, -0.1) is 0 Å². The second-order valence-electron chi connectivity index (χ2n) is 3.02. The molecule has 0 fully saturated rings. The molecule has 0 spiro atoms. The molecule has 0 bridgehead atoms. The topological polar surface area (TPSA) is 80.3 Å². The van der Waals surface area contributed by atoms with Gasteiger partial charge in [0.15, 0.2) is 0 Å². The van der Waals surface area contributed by atoms with Crippen LogP contribution in [0.3, 0.4) is 0 Å². The zero-order chi connectivity index (χ0) is 11.4. The molecule has 1 aromatic rings. The highest BCUT2D eigenvalue weighted by atomic mass is 79.9. The SMILES string of the molecule is O=C([O-])C(Cc1cccc(Br)c1)C(=O)[O-]. The number of hydrogen-bond donors (Lipinski definition) is 0. The lowest BCUT2D eigenvalue weighted by atomic mass is 10.00. The minimum atomic E-state index is -1.63. The van der Waals surface area contributed by atoms with Crippen molar-refractivity contribution in [1.29, 1.82) is 0 Å². The normalized spacial score (nSPS) is 10.3. The van der Waals surface area contributed by atoms with E-state index in [-0.39, 0.29) is 6.42 Å². The molecule has 1 rings (SSSR count). The lowest BCUT2D eigenvalue weighted by Gasteiger charge is -2.18. The monoisotopic (exact) mass is 270 g/mol. The van der Waals surface area contributed by atoms with Gasteiger partial charge < -0.3 is 19.8 Å². The van der Waals surface area contributed by atoms with Crippen LogP contribution < -0.4 is 10.2 Å². The Morgan fingerprint density at radius 3 is 2.33 bits per heavy atom.